The zero-order chi connectivity index (χ0) is 9.14. The van der Waals surface area contributed by atoms with Crippen LogP contribution in [0.15, 0.2) is 18.5 Å². The van der Waals surface area contributed by atoms with Gasteiger partial charge in [0.15, 0.2) is 0 Å². The predicted molar refractivity (Wildman–Crippen MR) is 62.4 cm³/mol. The highest BCUT2D eigenvalue weighted by Gasteiger charge is 2.03. The van der Waals surface area contributed by atoms with Crippen LogP contribution in [-0.2, 0) is 0 Å². The number of hydrogen-bond acceptors (Lipinski definition) is 1. The zero-order valence-electron chi connectivity index (χ0n) is 8.33. The molecule has 0 aliphatic rings. The summed E-state index contributed by atoms with van der Waals surface area (Å²) in [4.78, 5) is 4.23. The van der Waals surface area contributed by atoms with Gasteiger partial charge in [0, 0.05) is 12.4 Å². The van der Waals surface area contributed by atoms with Crippen molar-refractivity contribution < 1.29 is 0 Å². The van der Waals surface area contributed by atoms with Crippen LogP contribution in [0.4, 0.5) is 0 Å². The lowest BCUT2D eigenvalue weighted by Crippen LogP contribution is -1.94. The van der Waals surface area contributed by atoms with E-state index in [4.69, 9.17) is 0 Å². The summed E-state index contributed by atoms with van der Waals surface area (Å²) in [6.07, 6.45) is 3.91. The van der Waals surface area contributed by atoms with Crippen molar-refractivity contribution in [3.05, 3.63) is 29.6 Å². The molecule has 0 atom stereocenters. The summed E-state index contributed by atoms with van der Waals surface area (Å²) in [5.74, 6) is 1.16. The minimum atomic E-state index is 0. The Kier molecular flexibility index (Phi) is 4.75. The van der Waals surface area contributed by atoms with E-state index in [0.717, 1.165) is 0 Å². The molecule has 0 unspecified atom stereocenters. The summed E-state index contributed by atoms with van der Waals surface area (Å²) in [7, 11) is 0. The molecule has 72 valence electrons. The first kappa shape index (κ1) is 12.2. The summed E-state index contributed by atoms with van der Waals surface area (Å²) in [5.41, 5.74) is 2.67. The van der Waals surface area contributed by atoms with Gasteiger partial charge >= 0.3 is 0 Å². The molecule has 1 aromatic heterocycles. The summed E-state index contributed by atoms with van der Waals surface area (Å²) in [5, 5.41) is 0. The zero-order valence-corrected chi connectivity index (χ0v) is 8.33. The van der Waals surface area contributed by atoms with Crippen LogP contribution in [0.5, 0.6) is 0 Å². The molecule has 0 saturated heterocycles. The molecule has 1 heterocycles. The van der Waals surface area contributed by atoms with Gasteiger partial charge in [0.2, 0.25) is 0 Å². The second-order valence-electron chi connectivity index (χ2n) is 3.86. The lowest BCUT2D eigenvalue weighted by atomic mass is 9.99. The third-order valence-corrected chi connectivity index (χ3v) is 2.11. The fraction of sp³-hybridized carbons (Fsp3) is 0.545. The fourth-order valence-corrected chi connectivity index (χ4v) is 1.11. The minimum absolute atomic E-state index is 0. The normalized spacial score (nSPS) is 10.3. The minimum Gasteiger partial charge on any atom is -0.264 e. The summed E-state index contributed by atoms with van der Waals surface area (Å²) in [6.45, 7) is 8.78. The molecular formula is C11H20BN. The van der Waals surface area contributed by atoms with E-state index in [1.807, 2.05) is 12.4 Å². The Morgan fingerprint density at radius 1 is 0.923 bits per heavy atom. The molecule has 0 amide bonds. The first-order valence-electron chi connectivity index (χ1n) is 4.56. The Balaban J connectivity index is 0.00000144. The van der Waals surface area contributed by atoms with Crippen molar-refractivity contribution in [1.29, 1.82) is 0 Å². The molecular weight excluding hydrogens is 157 g/mol. The van der Waals surface area contributed by atoms with Crippen molar-refractivity contribution in [2.75, 3.05) is 0 Å². The topological polar surface area (TPSA) is 12.9 Å². The first-order chi connectivity index (χ1) is 5.61. The van der Waals surface area contributed by atoms with E-state index < -0.39 is 0 Å². The van der Waals surface area contributed by atoms with Crippen LogP contribution in [0.2, 0.25) is 0 Å². The smallest absolute Gasteiger partial charge is 0.0814 e. The van der Waals surface area contributed by atoms with E-state index in [2.05, 4.69) is 38.7 Å². The summed E-state index contributed by atoms with van der Waals surface area (Å²) in [6, 6.07) is 2.25. The number of rotatable bonds is 2. The molecule has 0 spiro atoms. The highest BCUT2D eigenvalue weighted by molar-refractivity contribution is 5.75. The highest BCUT2D eigenvalue weighted by atomic mass is 14.6. The van der Waals surface area contributed by atoms with E-state index >= 15 is 0 Å². The van der Waals surface area contributed by atoms with Gasteiger partial charge in [-0.3, -0.25) is 4.98 Å². The van der Waals surface area contributed by atoms with E-state index in [1.54, 1.807) is 0 Å². The van der Waals surface area contributed by atoms with Gasteiger partial charge < -0.3 is 0 Å². The van der Waals surface area contributed by atoms with Crippen LogP contribution in [0.3, 0.4) is 0 Å². The molecule has 0 aromatic carbocycles. The average molecular weight is 177 g/mol. The Morgan fingerprint density at radius 3 is 1.62 bits per heavy atom. The molecule has 0 fully saturated rings. The molecule has 0 N–H and O–H groups in total. The van der Waals surface area contributed by atoms with Crippen LogP contribution in [0, 0.1) is 0 Å². The third-order valence-electron chi connectivity index (χ3n) is 2.11. The lowest BCUT2D eigenvalue weighted by molar-refractivity contribution is 0.820. The Labute approximate surface area is 83.2 Å². The van der Waals surface area contributed by atoms with Gasteiger partial charge in [-0.05, 0) is 23.0 Å². The molecule has 13 heavy (non-hydrogen) atoms. The van der Waals surface area contributed by atoms with Gasteiger partial charge in [0.1, 0.15) is 0 Å². The number of hydrogen-bond donors (Lipinski definition) is 0. The summed E-state index contributed by atoms with van der Waals surface area (Å²) < 4.78 is 0. The molecule has 1 aromatic rings. The molecule has 0 radical (unpaired) electrons. The highest BCUT2D eigenvalue weighted by Crippen LogP contribution is 2.18. The van der Waals surface area contributed by atoms with Crippen LogP contribution >= 0.6 is 0 Å². The monoisotopic (exact) mass is 177 g/mol. The molecule has 0 bridgehead atoms. The lowest BCUT2D eigenvalue weighted by Gasteiger charge is -2.09. The largest absolute Gasteiger partial charge is 0.264 e. The summed E-state index contributed by atoms with van der Waals surface area (Å²) >= 11 is 0. The van der Waals surface area contributed by atoms with Crippen LogP contribution in [0.25, 0.3) is 0 Å². The molecule has 0 aliphatic heterocycles. The van der Waals surface area contributed by atoms with Crippen molar-refractivity contribution in [3.63, 3.8) is 0 Å². The molecule has 1 nitrogen and oxygen atoms in total. The Bertz CT molecular complexity index is 233. The van der Waals surface area contributed by atoms with Crippen molar-refractivity contribution in [1.82, 2.24) is 4.98 Å². The van der Waals surface area contributed by atoms with Gasteiger partial charge in [0.25, 0.3) is 0 Å². The fourth-order valence-electron chi connectivity index (χ4n) is 1.11. The van der Waals surface area contributed by atoms with E-state index in [-0.39, 0.29) is 8.41 Å². The Morgan fingerprint density at radius 2 is 1.31 bits per heavy atom. The van der Waals surface area contributed by atoms with Gasteiger partial charge in [-0.1, -0.05) is 33.8 Å². The van der Waals surface area contributed by atoms with Crippen LogP contribution < -0.4 is 0 Å². The van der Waals surface area contributed by atoms with Crippen molar-refractivity contribution in [2.24, 2.45) is 0 Å². The van der Waals surface area contributed by atoms with Crippen molar-refractivity contribution in [2.45, 2.75) is 39.5 Å². The van der Waals surface area contributed by atoms with Crippen LogP contribution in [-0.4, -0.2) is 13.4 Å². The first-order valence-corrected chi connectivity index (χ1v) is 4.56. The molecule has 0 saturated carbocycles. The second-order valence-corrected chi connectivity index (χ2v) is 3.86. The van der Waals surface area contributed by atoms with Gasteiger partial charge in [-0.25, -0.2) is 0 Å². The van der Waals surface area contributed by atoms with Gasteiger partial charge in [-0.15, -0.1) is 0 Å². The van der Waals surface area contributed by atoms with Gasteiger partial charge in [0.05, 0.1) is 8.41 Å². The van der Waals surface area contributed by atoms with Crippen molar-refractivity contribution in [3.8, 4) is 0 Å². The number of aromatic nitrogens is 1. The van der Waals surface area contributed by atoms with E-state index in [1.165, 1.54) is 11.1 Å². The maximum atomic E-state index is 4.23. The predicted octanol–water partition coefficient (Wildman–Crippen LogP) is 2.14. The maximum Gasteiger partial charge on any atom is 0.0814 e. The van der Waals surface area contributed by atoms with E-state index in [0.29, 0.717) is 11.8 Å². The molecule has 0 aliphatic carbocycles. The van der Waals surface area contributed by atoms with Crippen LogP contribution in [0.1, 0.15) is 50.7 Å². The average Bonchev–Trinajstić information content (AvgIpc) is 2.04. The third kappa shape index (κ3) is 3.21. The SMILES string of the molecule is B.CC(C)c1cncc(C(C)C)c1. The van der Waals surface area contributed by atoms with Crippen molar-refractivity contribution >= 4 is 8.41 Å². The number of pyridine rings is 1. The van der Waals surface area contributed by atoms with Gasteiger partial charge in [-0.2, -0.15) is 0 Å². The quantitative estimate of drug-likeness (QED) is 0.630. The Hall–Kier alpha value is -0.785. The molecule has 2 heteroatoms. The second kappa shape index (κ2) is 5.06. The van der Waals surface area contributed by atoms with E-state index in [9.17, 15) is 0 Å². The number of nitrogens with zero attached hydrogens (tertiary/aromatic N) is 1. The molecule has 1 rings (SSSR count). The maximum absolute atomic E-state index is 4.23. The standard InChI is InChI=1S/C11H17N.BH3/c1-8(2)10-5-11(9(3)4)7-12-6-10;/h5-9H,1-4H3;1H3.